The van der Waals surface area contributed by atoms with Crippen LogP contribution in [0.3, 0.4) is 0 Å². The lowest BCUT2D eigenvalue weighted by Crippen LogP contribution is -2.49. The van der Waals surface area contributed by atoms with E-state index < -0.39 is 0 Å². The molecular weight excluding hydrogens is 170 g/mol. The Labute approximate surface area is 88.2 Å². The Hall–Kier alpha value is -0.460. The molecule has 80 valence electrons. The van der Waals surface area contributed by atoms with Crippen LogP contribution >= 0.6 is 0 Å². The topological polar surface area (TPSA) is 3.24 Å². The summed E-state index contributed by atoms with van der Waals surface area (Å²) in [6.07, 6.45) is 5.68. The smallest absolute Gasteiger partial charge is 0.0180 e. The zero-order chi connectivity index (χ0) is 10.4. The Bertz CT molecular complexity index is 234. The second kappa shape index (κ2) is 3.01. The summed E-state index contributed by atoms with van der Waals surface area (Å²) in [5.74, 6) is 0. The Morgan fingerprint density at radius 2 is 1.64 bits per heavy atom. The van der Waals surface area contributed by atoms with Crippen LogP contribution in [0.5, 0.6) is 0 Å². The third-order valence-corrected chi connectivity index (χ3v) is 4.07. The minimum absolute atomic E-state index is 0.630. The molecule has 0 bridgehead atoms. The highest BCUT2D eigenvalue weighted by molar-refractivity contribution is 5.03. The van der Waals surface area contributed by atoms with E-state index in [2.05, 4.69) is 32.3 Å². The highest BCUT2D eigenvalue weighted by Crippen LogP contribution is 2.59. The maximum atomic E-state index is 4.02. The Morgan fingerprint density at radius 3 is 2.00 bits per heavy atom. The minimum Gasteiger partial charge on any atom is -0.375 e. The standard InChI is InChI=1S/C13H23N/c1-11(2)14-7-5-13(6-8-14)9-12(3,4)10-13/h1,5-10H2,2-4H3. The first-order chi connectivity index (χ1) is 6.43. The SMILES string of the molecule is C=C(C)N1CCC2(CC1)CC(C)(C)C2. The Morgan fingerprint density at radius 1 is 1.14 bits per heavy atom. The van der Waals surface area contributed by atoms with Gasteiger partial charge in [-0.05, 0) is 43.4 Å². The van der Waals surface area contributed by atoms with Crippen molar-refractivity contribution in [1.82, 2.24) is 4.90 Å². The van der Waals surface area contributed by atoms with E-state index in [-0.39, 0.29) is 0 Å². The molecule has 0 unspecified atom stereocenters. The molecule has 2 fully saturated rings. The molecule has 1 aliphatic carbocycles. The van der Waals surface area contributed by atoms with Crippen molar-refractivity contribution >= 4 is 0 Å². The minimum atomic E-state index is 0.630. The normalized spacial score (nSPS) is 28.6. The van der Waals surface area contributed by atoms with Gasteiger partial charge < -0.3 is 4.90 Å². The molecule has 0 amide bonds. The van der Waals surface area contributed by atoms with Crippen LogP contribution in [0.1, 0.15) is 46.5 Å². The maximum Gasteiger partial charge on any atom is 0.0180 e. The van der Waals surface area contributed by atoms with Crippen molar-refractivity contribution in [3.63, 3.8) is 0 Å². The van der Waals surface area contributed by atoms with Crippen LogP contribution in [0, 0.1) is 10.8 Å². The van der Waals surface area contributed by atoms with Crippen molar-refractivity contribution in [2.75, 3.05) is 13.1 Å². The molecule has 1 heterocycles. The van der Waals surface area contributed by atoms with Crippen molar-refractivity contribution in [3.05, 3.63) is 12.3 Å². The molecule has 14 heavy (non-hydrogen) atoms. The molecule has 2 aliphatic rings. The average molecular weight is 193 g/mol. The molecule has 1 nitrogen and oxygen atoms in total. The van der Waals surface area contributed by atoms with Crippen LogP contribution in [0.25, 0.3) is 0 Å². The molecule has 1 saturated heterocycles. The third-order valence-electron chi connectivity index (χ3n) is 4.07. The fourth-order valence-electron chi connectivity index (χ4n) is 3.69. The van der Waals surface area contributed by atoms with Gasteiger partial charge in [0.25, 0.3) is 0 Å². The number of likely N-dealkylation sites (tertiary alicyclic amines) is 1. The molecule has 1 spiro atoms. The van der Waals surface area contributed by atoms with Gasteiger partial charge in [0, 0.05) is 18.8 Å². The van der Waals surface area contributed by atoms with Gasteiger partial charge in [0.05, 0.1) is 0 Å². The fourth-order valence-corrected chi connectivity index (χ4v) is 3.69. The molecule has 0 atom stereocenters. The van der Waals surface area contributed by atoms with Crippen molar-refractivity contribution in [2.45, 2.75) is 46.5 Å². The molecular formula is C13H23N. The van der Waals surface area contributed by atoms with Gasteiger partial charge in [0.2, 0.25) is 0 Å². The van der Waals surface area contributed by atoms with E-state index in [1.54, 1.807) is 0 Å². The van der Waals surface area contributed by atoms with E-state index in [1.165, 1.54) is 44.5 Å². The van der Waals surface area contributed by atoms with Crippen LogP contribution in [0.4, 0.5) is 0 Å². The molecule has 0 aromatic heterocycles. The first kappa shape index (κ1) is 10.1. The summed E-state index contributed by atoms with van der Waals surface area (Å²) in [5.41, 5.74) is 2.60. The number of allylic oxidation sites excluding steroid dienone is 1. The first-order valence-corrected chi connectivity index (χ1v) is 5.83. The van der Waals surface area contributed by atoms with Crippen LogP contribution < -0.4 is 0 Å². The van der Waals surface area contributed by atoms with E-state index in [0.29, 0.717) is 5.41 Å². The third kappa shape index (κ3) is 1.69. The summed E-state index contributed by atoms with van der Waals surface area (Å²) in [6.45, 7) is 13.4. The van der Waals surface area contributed by atoms with Crippen molar-refractivity contribution in [2.24, 2.45) is 10.8 Å². The highest BCUT2D eigenvalue weighted by atomic mass is 15.1. The lowest BCUT2D eigenvalue weighted by Gasteiger charge is -2.57. The molecule has 1 saturated carbocycles. The number of nitrogens with zero attached hydrogens (tertiary/aromatic N) is 1. The summed E-state index contributed by atoms with van der Waals surface area (Å²) in [4.78, 5) is 2.44. The van der Waals surface area contributed by atoms with Crippen LogP contribution in [-0.2, 0) is 0 Å². The predicted octanol–water partition coefficient (Wildman–Crippen LogP) is 3.42. The molecule has 0 aromatic carbocycles. The average Bonchev–Trinajstić information content (AvgIpc) is 2.01. The van der Waals surface area contributed by atoms with E-state index in [4.69, 9.17) is 0 Å². The highest BCUT2D eigenvalue weighted by Gasteiger charge is 2.49. The molecule has 0 radical (unpaired) electrons. The van der Waals surface area contributed by atoms with Gasteiger partial charge in [-0.25, -0.2) is 0 Å². The van der Waals surface area contributed by atoms with Crippen LogP contribution in [0.2, 0.25) is 0 Å². The van der Waals surface area contributed by atoms with Crippen LogP contribution in [-0.4, -0.2) is 18.0 Å². The van der Waals surface area contributed by atoms with E-state index in [1.807, 2.05) is 0 Å². The van der Waals surface area contributed by atoms with Crippen LogP contribution in [0.15, 0.2) is 12.3 Å². The van der Waals surface area contributed by atoms with E-state index in [9.17, 15) is 0 Å². The molecule has 0 N–H and O–H groups in total. The summed E-state index contributed by atoms with van der Waals surface area (Å²) in [5, 5.41) is 0. The lowest BCUT2D eigenvalue weighted by atomic mass is 9.51. The summed E-state index contributed by atoms with van der Waals surface area (Å²) < 4.78 is 0. The van der Waals surface area contributed by atoms with Gasteiger partial charge in [-0.3, -0.25) is 0 Å². The number of hydrogen-bond donors (Lipinski definition) is 0. The maximum absolute atomic E-state index is 4.02. The number of piperidine rings is 1. The lowest BCUT2D eigenvalue weighted by molar-refractivity contribution is -0.0546. The summed E-state index contributed by atoms with van der Waals surface area (Å²) in [7, 11) is 0. The quantitative estimate of drug-likeness (QED) is 0.617. The van der Waals surface area contributed by atoms with Gasteiger partial charge in [-0.2, -0.15) is 0 Å². The molecule has 1 heteroatoms. The predicted molar refractivity (Wildman–Crippen MR) is 61.1 cm³/mol. The van der Waals surface area contributed by atoms with Gasteiger partial charge in [0.15, 0.2) is 0 Å². The molecule has 1 aliphatic heterocycles. The first-order valence-electron chi connectivity index (χ1n) is 5.83. The largest absolute Gasteiger partial charge is 0.375 e. The second-order valence-corrected chi connectivity index (χ2v) is 6.24. The van der Waals surface area contributed by atoms with Gasteiger partial charge in [-0.1, -0.05) is 20.4 Å². The Balaban J connectivity index is 1.89. The zero-order valence-corrected chi connectivity index (χ0v) is 9.90. The Kier molecular flexibility index (Phi) is 2.17. The van der Waals surface area contributed by atoms with E-state index >= 15 is 0 Å². The molecule has 0 aromatic rings. The van der Waals surface area contributed by atoms with Crippen molar-refractivity contribution in [1.29, 1.82) is 0 Å². The molecule has 2 rings (SSSR count). The van der Waals surface area contributed by atoms with Crippen molar-refractivity contribution < 1.29 is 0 Å². The van der Waals surface area contributed by atoms with Crippen molar-refractivity contribution in [3.8, 4) is 0 Å². The van der Waals surface area contributed by atoms with Gasteiger partial charge in [-0.15, -0.1) is 0 Å². The number of hydrogen-bond acceptors (Lipinski definition) is 1. The number of rotatable bonds is 1. The van der Waals surface area contributed by atoms with E-state index in [0.717, 1.165) is 5.41 Å². The second-order valence-electron chi connectivity index (χ2n) is 6.24. The summed E-state index contributed by atoms with van der Waals surface area (Å²) in [6, 6.07) is 0. The monoisotopic (exact) mass is 193 g/mol. The zero-order valence-electron chi connectivity index (χ0n) is 9.90. The van der Waals surface area contributed by atoms with Gasteiger partial charge >= 0.3 is 0 Å². The summed E-state index contributed by atoms with van der Waals surface area (Å²) >= 11 is 0. The fraction of sp³-hybridized carbons (Fsp3) is 0.846. The van der Waals surface area contributed by atoms with Gasteiger partial charge in [0.1, 0.15) is 0 Å².